The lowest BCUT2D eigenvalue weighted by atomic mass is 10.2. The number of imidazole rings is 1. The summed E-state index contributed by atoms with van der Waals surface area (Å²) in [5.41, 5.74) is 1.25. The van der Waals surface area contributed by atoms with Gasteiger partial charge in [-0.3, -0.25) is 4.98 Å². The normalized spacial score (nSPS) is 10.6. The first-order valence-corrected chi connectivity index (χ1v) is 6.58. The van der Waals surface area contributed by atoms with Gasteiger partial charge in [0.1, 0.15) is 16.8 Å². The Hall–Kier alpha value is -2.47. The number of aromatic nitrogens is 4. The number of hydrogen-bond acceptors (Lipinski definition) is 4. The molecule has 3 aromatic rings. The summed E-state index contributed by atoms with van der Waals surface area (Å²) in [5.74, 6) is 0.228. The Kier molecular flexibility index (Phi) is 3.79. The molecule has 0 bridgehead atoms. The Morgan fingerprint density at radius 1 is 1.24 bits per heavy atom. The van der Waals surface area contributed by atoms with Crippen LogP contribution in [0.2, 0.25) is 5.15 Å². The van der Waals surface area contributed by atoms with Gasteiger partial charge in [-0.05, 0) is 17.7 Å². The van der Waals surface area contributed by atoms with E-state index in [0.29, 0.717) is 23.2 Å². The number of nitrogens with one attached hydrogen (secondary N) is 1. The van der Waals surface area contributed by atoms with Crippen molar-refractivity contribution in [3.63, 3.8) is 0 Å². The van der Waals surface area contributed by atoms with Crippen molar-refractivity contribution < 1.29 is 4.39 Å². The molecule has 0 spiro atoms. The quantitative estimate of drug-likeness (QED) is 0.805. The predicted molar refractivity (Wildman–Crippen MR) is 77.9 cm³/mol. The van der Waals surface area contributed by atoms with Gasteiger partial charge < -0.3 is 9.88 Å². The molecular formula is C14H11ClFN5. The second-order valence-electron chi connectivity index (χ2n) is 4.34. The van der Waals surface area contributed by atoms with Crippen LogP contribution in [0.15, 0.2) is 49.3 Å². The summed E-state index contributed by atoms with van der Waals surface area (Å²) in [6.45, 7) is 0.427. The fourth-order valence-corrected chi connectivity index (χ4v) is 2.04. The van der Waals surface area contributed by atoms with Crippen molar-refractivity contribution in [2.24, 2.45) is 0 Å². The average Bonchev–Trinajstić information content (AvgIpc) is 2.99. The van der Waals surface area contributed by atoms with Crippen LogP contribution in [-0.4, -0.2) is 19.5 Å². The van der Waals surface area contributed by atoms with Gasteiger partial charge >= 0.3 is 0 Å². The van der Waals surface area contributed by atoms with E-state index >= 15 is 0 Å². The van der Waals surface area contributed by atoms with Gasteiger partial charge in [0.25, 0.3) is 0 Å². The van der Waals surface area contributed by atoms with Crippen LogP contribution in [0.4, 0.5) is 10.2 Å². The van der Waals surface area contributed by atoms with E-state index in [9.17, 15) is 4.39 Å². The van der Waals surface area contributed by atoms with Crippen molar-refractivity contribution in [2.75, 3.05) is 5.32 Å². The number of rotatable bonds is 4. The van der Waals surface area contributed by atoms with Crippen LogP contribution in [0.25, 0.3) is 5.69 Å². The molecule has 1 aromatic carbocycles. The highest BCUT2D eigenvalue weighted by atomic mass is 35.5. The van der Waals surface area contributed by atoms with Crippen LogP contribution < -0.4 is 5.32 Å². The Morgan fingerprint density at radius 2 is 2.14 bits per heavy atom. The molecule has 0 amide bonds. The van der Waals surface area contributed by atoms with Gasteiger partial charge in [-0.1, -0.05) is 17.7 Å². The number of nitrogens with zero attached hydrogens (tertiary/aromatic N) is 4. The van der Waals surface area contributed by atoms with Gasteiger partial charge in [0, 0.05) is 18.9 Å². The highest BCUT2D eigenvalue weighted by molar-refractivity contribution is 6.29. The maximum absolute atomic E-state index is 14.1. The molecule has 0 unspecified atom stereocenters. The first kappa shape index (κ1) is 13.5. The minimum Gasteiger partial charge on any atom is -0.365 e. The number of anilines is 1. The standard InChI is InChI=1S/C14H11ClFN5/c15-13-7-18-8-14(20-13)19-6-10-1-2-12(11(16)5-10)21-4-3-17-9-21/h1-5,7-9H,6H2,(H,19,20). The zero-order chi connectivity index (χ0) is 14.7. The van der Waals surface area contributed by atoms with Crippen LogP contribution in [-0.2, 0) is 6.54 Å². The highest BCUT2D eigenvalue weighted by Crippen LogP contribution is 2.16. The molecule has 0 aliphatic carbocycles. The van der Waals surface area contributed by atoms with Crippen molar-refractivity contribution in [1.29, 1.82) is 0 Å². The van der Waals surface area contributed by atoms with Gasteiger partial charge in [0.15, 0.2) is 0 Å². The lowest BCUT2D eigenvalue weighted by molar-refractivity contribution is 0.616. The Bertz CT molecular complexity index is 745. The zero-order valence-corrected chi connectivity index (χ0v) is 11.6. The molecule has 21 heavy (non-hydrogen) atoms. The third-order valence-electron chi connectivity index (χ3n) is 2.87. The Labute approximate surface area is 125 Å². The average molecular weight is 304 g/mol. The van der Waals surface area contributed by atoms with Gasteiger partial charge in [0.2, 0.25) is 0 Å². The second-order valence-corrected chi connectivity index (χ2v) is 4.72. The third-order valence-corrected chi connectivity index (χ3v) is 3.06. The van der Waals surface area contributed by atoms with E-state index in [1.165, 1.54) is 12.3 Å². The molecule has 0 aliphatic heterocycles. The molecular weight excluding hydrogens is 293 g/mol. The molecule has 106 valence electrons. The minimum atomic E-state index is -0.315. The van der Waals surface area contributed by atoms with Crippen LogP contribution in [0.5, 0.6) is 0 Å². The third kappa shape index (κ3) is 3.17. The van der Waals surface area contributed by atoms with Crippen molar-refractivity contribution in [2.45, 2.75) is 6.54 Å². The first-order valence-electron chi connectivity index (χ1n) is 6.20. The predicted octanol–water partition coefficient (Wildman–Crippen LogP) is 3.07. The highest BCUT2D eigenvalue weighted by Gasteiger charge is 2.05. The van der Waals surface area contributed by atoms with Crippen LogP contribution >= 0.6 is 11.6 Å². The maximum Gasteiger partial charge on any atom is 0.149 e. The maximum atomic E-state index is 14.1. The van der Waals surface area contributed by atoms with Gasteiger partial charge in [-0.25, -0.2) is 14.4 Å². The van der Waals surface area contributed by atoms with Gasteiger partial charge in [0.05, 0.1) is 24.4 Å². The largest absolute Gasteiger partial charge is 0.365 e. The fourth-order valence-electron chi connectivity index (χ4n) is 1.89. The molecule has 5 nitrogen and oxygen atoms in total. The second kappa shape index (κ2) is 5.88. The van der Waals surface area contributed by atoms with Gasteiger partial charge in [-0.15, -0.1) is 0 Å². The van der Waals surface area contributed by atoms with Crippen molar-refractivity contribution >= 4 is 17.4 Å². The fraction of sp³-hybridized carbons (Fsp3) is 0.0714. The Morgan fingerprint density at radius 3 is 2.86 bits per heavy atom. The first-order chi connectivity index (χ1) is 10.2. The van der Waals surface area contributed by atoms with Crippen molar-refractivity contribution in [3.05, 3.63) is 65.8 Å². The van der Waals surface area contributed by atoms with E-state index in [0.717, 1.165) is 5.56 Å². The summed E-state index contributed by atoms with van der Waals surface area (Å²) in [5, 5.41) is 3.35. The lowest BCUT2D eigenvalue weighted by Gasteiger charge is -2.08. The summed E-state index contributed by atoms with van der Waals surface area (Å²) < 4.78 is 15.7. The van der Waals surface area contributed by atoms with Crippen LogP contribution in [0.3, 0.4) is 0 Å². The molecule has 0 radical (unpaired) electrons. The number of benzene rings is 1. The van der Waals surface area contributed by atoms with E-state index in [1.54, 1.807) is 35.6 Å². The molecule has 3 rings (SSSR count). The molecule has 0 saturated heterocycles. The summed E-state index contributed by atoms with van der Waals surface area (Å²) in [4.78, 5) is 11.9. The SMILES string of the molecule is Fc1cc(CNc2cncc(Cl)n2)ccc1-n1ccnc1. The lowest BCUT2D eigenvalue weighted by Crippen LogP contribution is -2.03. The molecule has 1 N–H and O–H groups in total. The summed E-state index contributed by atoms with van der Waals surface area (Å²) in [6, 6.07) is 5.02. The summed E-state index contributed by atoms with van der Waals surface area (Å²) in [6.07, 6.45) is 7.86. The zero-order valence-electron chi connectivity index (χ0n) is 10.9. The minimum absolute atomic E-state index is 0.307. The van der Waals surface area contributed by atoms with Crippen molar-refractivity contribution in [1.82, 2.24) is 19.5 Å². The molecule has 0 aliphatic rings. The van der Waals surface area contributed by atoms with E-state index in [4.69, 9.17) is 11.6 Å². The monoisotopic (exact) mass is 303 g/mol. The van der Waals surface area contributed by atoms with Crippen molar-refractivity contribution in [3.8, 4) is 5.69 Å². The smallest absolute Gasteiger partial charge is 0.149 e. The van der Waals surface area contributed by atoms with Crippen LogP contribution in [0, 0.1) is 5.82 Å². The van der Waals surface area contributed by atoms with E-state index in [-0.39, 0.29) is 5.82 Å². The molecule has 0 saturated carbocycles. The van der Waals surface area contributed by atoms with Crippen LogP contribution in [0.1, 0.15) is 5.56 Å². The van der Waals surface area contributed by atoms with E-state index < -0.39 is 0 Å². The topological polar surface area (TPSA) is 55.6 Å². The summed E-state index contributed by atoms with van der Waals surface area (Å²) in [7, 11) is 0. The van der Waals surface area contributed by atoms with E-state index in [1.807, 2.05) is 6.07 Å². The molecule has 0 fully saturated rings. The van der Waals surface area contributed by atoms with Gasteiger partial charge in [-0.2, -0.15) is 0 Å². The molecule has 0 atom stereocenters. The number of halogens is 2. The number of hydrogen-bond donors (Lipinski definition) is 1. The summed E-state index contributed by atoms with van der Waals surface area (Å²) >= 11 is 5.75. The Balaban J connectivity index is 1.74. The molecule has 2 aromatic heterocycles. The van der Waals surface area contributed by atoms with E-state index in [2.05, 4.69) is 20.3 Å². The molecule has 2 heterocycles. The molecule has 7 heteroatoms.